The summed E-state index contributed by atoms with van der Waals surface area (Å²) in [5.41, 5.74) is 0.798. The number of nitrogens with zero attached hydrogens (tertiary/aromatic N) is 4. The van der Waals surface area contributed by atoms with Crippen LogP contribution in [0.15, 0.2) is 30.5 Å². The van der Waals surface area contributed by atoms with E-state index in [2.05, 4.69) is 10.3 Å². The van der Waals surface area contributed by atoms with Gasteiger partial charge < -0.3 is 14.7 Å². The lowest BCUT2D eigenvalue weighted by Crippen LogP contribution is -2.55. The second-order valence-electron chi connectivity index (χ2n) is 7.30. The molecule has 26 heavy (non-hydrogen) atoms. The molecule has 1 atom stereocenters. The number of benzene rings is 1. The van der Waals surface area contributed by atoms with Gasteiger partial charge in [0.15, 0.2) is 6.10 Å². The van der Waals surface area contributed by atoms with E-state index < -0.39 is 17.7 Å². The van der Waals surface area contributed by atoms with Gasteiger partial charge in [0.05, 0.1) is 17.8 Å². The first-order valence-electron chi connectivity index (χ1n) is 8.55. The van der Waals surface area contributed by atoms with E-state index in [-0.39, 0.29) is 11.9 Å². The number of rotatable bonds is 3. The van der Waals surface area contributed by atoms with Crippen LogP contribution in [-0.2, 0) is 21.6 Å². The molecule has 1 aromatic heterocycles. The van der Waals surface area contributed by atoms with Crippen LogP contribution in [0.2, 0.25) is 0 Å². The minimum absolute atomic E-state index is 0.00845. The van der Waals surface area contributed by atoms with Gasteiger partial charge in [0.2, 0.25) is 0 Å². The van der Waals surface area contributed by atoms with Gasteiger partial charge in [0.1, 0.15) is 11.3 Å². The van der Waals surface area contributed by atoms with E-state index in [4.69, 9.17) is 4.74 Å². The average Bonchev–Trinajstić information content (AvgIpc) is 3.03. The Labute approximate surface area is 150 Å². The first-order valence-corrected chi connectivity index (χ1v) is 8.55. The summed E-state index contributed by atoms with van der Waals surface area (Å²) >= 11 is 0. The number of likely N-dealkylation sites (tertiary alicyclic amines) is 1. The third kappa shape index (κ3) is 2.86. The summed E-state index contributed by atoms with van der Waals surface area (Å²) in [5, 5.41) is 18.0. The van der Waals surface area contributed by atoms with Gasteiger partial charge in [-0.2, -0.15) is 0 Å². The van der Waals surface area contributed by atoms with E-state index in [0.717, 1.165) is 5.56 Å². The third-order valence-corrected chi connectivity index (χ3v) is 4.85. The van der Waals surface area contributed by atoms with Crippen LogP contribution >= 0.6 is 0 Å². The Hall–Kier alpha value is -2.74. The van der Waals surface area contributed by atoms with Gasteiger partial charge in [0, 0.05) is 19.5 Å². The molecule has 1 unspecified atom stereocenters. The first-order chi connectivity index (χ1) is 12.3. The molecule has 2 aliphatic rings. The van der Waals surface area contributed by atoms with E-state index in [1.165, 1.54) is 0 Å². The highest BCUT2D eigenvalue weighted by Crippen LogP contribution is 2.27. The molecule has 1 saturated heterocycles. The Balaban J connectivity index is 1.40. The molecule has 0 spiro atoms. The van der Waals surface area contributed by atoms with Crippen molar-refractivity contribution in [1.82, 2.24) is 19.9 Å². The van der Waals surface area contributed by atoms with Crippen molar-refractivity contribution >= 4 is 11.9 Å². The zero-order valence-electron chi connectivity index (χ0n) is 14.6. The molecule has 1 N–H and O–H groups in total. The lowest BCUT2D eigenvalue weighted by molar-refractivity contribution is -0.147. The van der Waals surface area contributed by atoms with Crippen LogP contribution < -0.4 is 0 Å². The van der Waals surface area contributed by atoms with Crippen molar-refractivity contribution in [2.75, 3.05) is 13.1 Å². The summed E-state index contributed by atoms with van der Waals surface area (Å²) in [6, 6.07) is 7.20. The Morgan fingerprint density at radius 1 is 1.31 bits per heavy atom. The van der Waals surface area contributed by atoms with Gasteiger partial charge in [0.25, 0.3) is 5.91 Å². The predicted octanol–water partition coefficient (Wildman–Crippen LogP) is 0.670. The van der Waals surface area contributed by atoms with Crippen LogP contribution in [0.5, 0.6) is 0 Å². The highest BCUT2D eigenvalue weighted by atomic mass is 16.5. The quantitative estimate of drug-likeness (QED) is 0.812. The maximum absolute atomic E-state index is 12.6. The molecule has 0 saturated carbocycles. The number of hydrogen-bond donors (Lipinski definition) is 1. The maximum Gasteiger partial charge on any atom is 0.339 e. The van der Waals surface area contributed by atoms with E-state index >= 15 is 0 Å². The number of amides is 1. The molecule has 2 aliphatic heterocycles. The van der Waals surface area contributed by atoms with E-state index in [9.17, 15) is 14.7 Å². The van der Waals surface area contributed by atoms with Gasteiger partial charge in [-0.25, -0.2) is 9.48 Å². The summed E-state index contributed by atoms with van der Waals surface area (Å²) in [4.78, 5) is 26.4. The lowest BCUT2D eigenvalue weighted by atomic mass is 9.97. The zero-order chi connectivity index (χ0) is 18.5. The summed E-state index contributed by atoms with van der Waals surface area (Å²) in [6.07, 6.45) is 1.32. The number of fused-ring (bicyclic) bond motifs is 1. The van der Waals surface area contributed by atoms with Crippen LogP contribution in [0.25, 0.3) is 0 Å². The summed E-state index contributed by atoms with van der Waals surface area (Å²) in [6.45, 7) is 4.24. The normalized spacial score (nSPS) is 20.3. The molecule has 1 fully saturated rings. The lowest BCUT2D eigenvalue weighted by Gasteiger charge is -2.41. The molecule has 3 heterocycles. The van der Waals surface area contributed by atoms with Gasteiger partial charge >= 0.3 is 5.97 Å². The van der Waals surface area contributed by atoms with Crippen LogP contribution in [0.1, 0.15) is 41.5 Å². The van der Waals surface area contributed by atoms with Crippen molar-refractivity contribution in [1.29, 1.82) is 0 Å². The highest BCUT2D eigenvalue weighted by molar-refractivity contribution is 5.95. The number of cyclic esters (lactones) is 1. The molecule has 8 heteroatoms. The Kier molecular flexibility index (Phi) is 3.80. The number of hydrogen-bond acceptors (Lipinski definition) is 6. The highest BCUT2D eigenvalue weighted by Gasteiger charge is 2.40. The molecule has 0 radical (unpaired) electrons. The van der Waals surface area contributed by atoms with Gasteiger partial charge in [-0.3, -0.25) is 4.79 Å². The van der Waals surface area contributed by atoms with E-state index in [0.29, 0.717) is 30.8 Å². The van der Waals surface area contributed by atoms with Gasteiger partial charge in [-0.05, 0) is 25.5 Å². The number of carbonyl (C=O) groups is 2. The first kappa shape index (κ1) is 16.7. The zero-order valence-corrected chi connectivity index (χ0v) is 14.6. The number of aromatic nitrogens is 3. The predicted molar refractivity (Wildman–Crippen MR) is 90.2 cm³/mol. The Morgan fingerprint density at radius 3 is 2.73 bits per heavy atom. The second-order valence-corrected chi connectivity index (χ2v) is 7.30. The van der Waals surface area contributed by atoms with Crippen molar-refractivity contribution in [3.8, 4) is 0 Å². The molecular weight excluding hydrogens is 336 g/mol. The van der Waals surface area contributed by atoms with Crippen molar-refractivity contribution in [2.24, 2.45) is 0 Å². The molecule has 4 rings (SSSR count). The topological polar surface area (TPSA) is 97.5 Å². The van der Waals surface area contributed by atoms with Crippen LogP contribution in [0.4, 0.5) is 0 Å². The number of carbonyl (C=O) groups excluding carboxylic acids is 2. The molecule has 0 bridgehead atoms. The molecule has 1 aromatic carbocycles. The third-order valence-electron chi connectivity index (χ3n) is 4.85. The van der Waals surface area contributed by atoms with Crippen molar-refractivity contribution < 1.29 is 19.4 Å². The molecular formula is C18H20N4O4. The fraction of sp³-hybridized carbons (Fsp3) is 0.444. The fourth-order valence-corrected chi connectivity index (χ4v) is 3.21. The minimum Gasteiger partial charge on any atom is -0.448 e. The number of esters is 1. The van der Waals surface area contributed by atoms with Crippen molar-refractivity contribution in [3.63, 3.8) is 0 Å². The maximum atomic E-state index is 12.6. The summed E-state index contributed by atoms with van der Waals surface area (Å²) in [5.74, 6) is -0.639. The molecule has 8 nitrogen and oxygen atoms in total. The second kappa shape index (κ2) is 5.91. The molecule has 136 valence electrons. The standard InChI is InChI=1S/C18H20N4O4/c1-18(2,25)15-10-22(20-19-15)12-8-21(9-12)16(23)14-7-11-5-3-4-6-13(11)17(24)26-14/h3-6,10,12,14,25H,7-9H2,1-2H3. The summed E-state index contributed by atoms with van der Waals surface area (Å²) < 4.78 is 6.99. The number of ether oxygens (including phenoxy) is 1. The Bertz CT molecular complexity index is 864. The van der Waals surface area contributed by atoms with E-state index in [1.807, 2.05) is 12.1 Å². The van der Waals surface area contributed by atoms with E-state index in [1.54, 1.807) is 41.8 Å². The summed E-state index contributed by atoms with van der Waals surface area (Å²) in [7, 11) is 0. The van der Waals surface area contributed by atoms with Crippen LogP contribution in [0.3, 0.4) is 0 Å². The average molecular weight is 356 g/mol. The monoisotopic (exact) mass is 356 g/mol. The number of aliphatic hydroxyl groups is 1. The molecule has 1 amide bonds. The minimum atomic E-state index is -1.05. The van der Waals surface area contributed by atoms with Gasteiger partial charge in [-0.1, -0.05) is 23.4 Å². The fourth-order valence-electron chi connectivity index (χ4n) is 3.21. The molecule has 0 aliphatic carbocycles. The molecule has 2 aromatic rings. The van der Waals surface area contributed by atoms with Crippen molar-refractivity contribution in [3.05, 3.63) is 47.3 Å². The Morgan fingerprint density at radius 2 is 2.04 bits per heavy atom. The van der Waals surface area contributed by atoms with Crippen LogP contribution in [-0.4, -0.2) is 56.1 Å². The van der Waals surface area contributed by atoms with Crippen molar-refractivity contribution in [2.45, 2.75) is 38.0 Å². The largest absolute Gasteiger partial charge is 0.448 e. The van der Waals surface area contributed by atoms with Gasteiger partial charge in [-0.15, -0.1) is 5.10 Å². The SMILES string of the molecule is CC(C)(O)c1cn(C2CN(C(=O)C3Cc4ccccc4C(=O)O3)C2)nn1. The van der Waals surface area contributed by atoms with Crippen LogP contribution in [0, 0.1) is 0 Å². The smallest absolute Gasteiger partial charge is 0.339 e.